The van der Waals surface area contributed by atoms with Crippen LogP contribution >= 0.6 is 0 Å². The van der Waals surface area contributed by atoms with Crippen molar-refractivity contribution in [3.8, 4) is 0 Å². The molecule has 4 aromatic rings. The van der Waals surface area contributed by atoms with Crippen LogP contribution in [-0.4, -0.2) is 46.0 Å². The number of aromatic nitrogens is 1. The smallest absolute Gasteiger partial charge is 0.270 e. The number of amides is 1. The van der Waals surface area contributed by atoms with E-state index in [-0.39, 0.29) is 23.8 Å². The number of fused-ring (bicyclic) bond motifs is 1. The minimum absolute atomic E-state index is 0.0226. The Bertz CT molecular complexity index is 1500. The number of piperidine rings is 1. The van der Waals surface area contributed by atoms with Gasteiger partial charge in [-0.2, -0.15) is 0 Å². The molecule has 214 valence electrons. The molecule has 7 nitrogen and oxygen atoms in total. The first-order chi connectivity index (χ1) is 19.9. The van der Waals surface area contributed by atoms with Crippen LogP contribution in [0.4, 0.5) is 10.1 Å². The third-order valence-corrected chi connectivity index (χ3v) is 8.20. The fourth-order valence-corrected chi connectivity index (χ4v) is 6.00. The number of likely N-dealkylation sites (tertiary alicyclic amines) is 1. The van der Waals surface area contributed by atoms with Gasteiger partial charge in [-0.1, -0.05) is 48.9 Å². The Morgan fingerprint density at radius 1 is 1.10 bits per heavy atom. The standard InChI is InChI=1S/C33H37FN4O3/c1-24-9-5-6-17-36(24)18-8-16-35-33(39)21-29(26-12-7-13-27(34)19-26)31-23-37(22-25-10-3-2-4-11-25)32-15-14-28(38(40)41)20-30(31)32/h2-4,7,10-15,19-20,23-24,29H,5-6,8-9,16-18,21-22H2,1H3,(H,35,39)/t24-,29-/m1/s1. The van der Waals surface area contributed by atoms with Crippen LogP contribution < -0.4 is 5.32 Å². The van der Waals surface area contributed by atoms with E-state index in [4.69, 9.17) is 0 Å². The van der Waals surface area contributed by atoms with Gasteiger partial charge in [0.1, 0.15) is 5.82 Å². The average molecular weight is 557 g/mol. The third kappa shape index (κ3) is 7.00. The maximum atomic E-state index is 14.4. The molecule has 2 atom stereocenters. The van der Waals surface area contributed by atoms with Crippen LogP contribution in [0.1, 0.15) is 61.6 Å². The van der Waals surface area contributed by atoms with Crippen molar-refractivity contribution in [2.45, 2.75) is 57.5 Å². The lowest BCUT2D eigenvalue weighted by Crippen LogP contribution is -2.39. The minimum Gasteiger partial charge on any atom is -0.356 e. The maximum absolute atomic E-state index is 14.4. The van der Waals surface area contributed by atoms with Gasteiger partial charge in [0.05, 0.1) is 4.92 Å². The molecule has 1 N–H and O–H groups in total. The van der Waals surface area contributed by atoms with E-state index in [9.17, 15) is 19.3 Å². The quantitative estimate of drug-likeness (QED) is 0.128. The van der Waals surface area contributed by atoms with Crippen molar-refractivity contribution in [1.29, 1.82) is 0 Å². The molecular weight excluding hydrogens is 519 g/mol. The first-order valence-electron chi connectivity index (χ1n) is 14.5. The van der Waals surface area contributed by atoms with Crippen molar-refractivity contribution >= 4 is 22.5 Å². The van der Waals surface area contributed by atoms with E-state index in [1.165, 1.54) is 37.5 Å². The summed E-state index contributed by atoms with van der Waals surface area (Å²) in [5.74, 6) is -0.989. The molecule has 2 heterocycles. The van der Waals surface area contributed by atoms with E-state index in [0.717, 1.165) is 36.2 Å². The number of benzene rings is 3. The molecule has 1 amide bonds. The van der Waals surface area contributed by atoms with Crippen molar-refractivity contribution in [2.75, 3.05) is 19.6 Å². The Hall–Kier alpha value is -4.04. The maximum Gasteiger partial charge on any atom is 0.270 e. The summed E-state index contributed by atoms with van der Waals surface area (Å²) in [5, 5.41) is 15.4. The van der Waals surface area contributed by atoms with Crippen LogP contribution in [0.2, 0.25) is 0 Å². The number of hydrogen-bond acceptors (Lipinski definition) is 4. The summed E-state index contributed by atoms with van der Waals surface area (Å²) in [7, 11) is 0. The molecule has 0 radical (unpaired) electrons. The van der Waals surface area contributed by atoms with E-state index >= 15 is 0 Å². The van der Waals surface area contributed by atoms with E-state index in [2.05, 4.69) is 17.1 Å². The normalized spacial score (nSPS) is 16.5. The second-order valence-corrected chi connectivity index (χ2v) is 11.1. The molecule has 0 bridgehead atoms. The lowest BCUT2D eigenvalue weighted by atomic mass is 9.88. The van der Waals surface area contributed by atoms with Crippen LogP contribution in [-0.2, 0) is 11.3 Å². The van der Waals surface area contributed by atoms with E-state index < -0.39 is 10.8 Å². The van der Waals surface area contributed by atoms with Gasteiger partial charge in [0, 0.05) is 67.2 Å². The molecule has 5 rings (SSSR count). The molecule has 0 aliphatic carbocycles. The highest BCUT2D eigenvalue weighted by atomic mass is 19.1. The number of carbonyl (C=O) groups is 1. The van der Waals surface area contributed by atoms with Crippen LogP contribution in [0.3, 0.4) is 0 Å². The summed E-state index contributed by atoms with van der Waals surface area (Å²) >= 11 is 0. The second-order valence-electron chi connectivity index (χ2n) is 11.1. The molecule has 3 aromatic carbocycles. The summed E-state index contributed by atoms with van der Waals surface area (Å²) in [5.41, 5.74) is 3.31. The summed E-state index contributed by atoms with van der Waals surface area (Å²) in [6, 6.07) is 21.6. The molecule has 1 fully saturated rings. The van der Waals surface area contributed by atoms with Crippen LogP contribution in [0.15, 0.2) is 79.0 Å². The highest BCUT2D eigenvalue weighted by molar-refractivity contribution is 5.88. The van der Waals surface area contributed by atoms with Crippen LogP contribution in [0.5, 0.6) is 0 Å². The van der Waals surface area contributed by atoms with Gasteiger partial charge < -0.3 is 14.8 Å². The lowest BCUT2D eigenvalue weighted by Gasteiger charge is -2.33. The Morgan fingerprint density at radius 3 is 2.68 bits per heavy atom. The van der Waals surface area contributed by atoms with Gasteiger partial charge in [0.25, 0.3) is 5.69 Å². The summed E-state index contributed by atoms with van der Waals surface area (Å²) in [6.45, 7) is 5.45. The zero-order valence-electron chi connectivity index (χ0n) is 23.5. The zero-order valence-corrected chi connectivity index (χ0v) is 23.5. The topological polar surface area (TPSA) is 80.4 Å². The molecule has 1 saturated heterocycles. The van der Waals surface area contributed by atoms with Gasteiger partial charge in [-0.05, 0) is 67.6 Å². The van der Waals surface area contributed by atoms with Crippen molar-refractivity contribution in [3.63, 3.8) is 0 Å². The van der Waals surface area contributed by atoms with E-state index in [0.29, 0.717) is 30.1 Å². The summed E-state index contributed by atoms with van der Waals surface area (Å²) in [4.78, 5) is 27.0. The first-order valence-corrected chi connectivity index (χ1v) is 14.5. The van der Waals surface area contributed by atoms with E-state index in [1.54, 1.807) is 18.2 Å². The van der Waals surface area contributed by atoms with Crippen molar-refractivity contribution in [3.05, 3.63) is 112 Å². The molecule has 1 aliphatic heterocycles. The number of rotatable bonds is 11. The fraction of sp³-hybridized carbons (Fsp3) is 0.364. The molecule has 0 saturated carbocycles. The number of carbonyl (C=O) groups excluding carboxylic acids is 1. The number of hydrogen-bond donors (Lipinski definition) is 1. The van der Waals surface area contributed by atoms with Gasteiger partial charge in [-0.25, -0.2) is 4.39 Å². The van der Waals surface area contributed by atoms with Gasteiger partial charge in [-0.15, -0.1) is 0 Å². The van der Waals surface area contributed by atoms with Gasteiger partial charge in [0.15, 0.2) is 0 Å². The lowest BCUT2D eigenvalue weighted by molar-refractivity contribution is -0.384. The largest absolute Gasteiger partial charge is 0.356 e. The fourth-order valence-electron chi connectivity index (χ4n) is 6.00. The van der Waals surface area contributed by atoms with Crippen molar-refractivity contribution in [2.24, 2.45) is 0 Å². The summed E-state index contributed by atoms with van der Waals surface area (Å²) in [6.07, 6.45) is 6.66. The number of nitro benzene ring substituents is 1. The molecule has 1 aromatic heterocycles. The monoisotopic (exact) mass is 556 g/mol. The van der Waals surface area contributed by atoms with Gasteiger partial charge >= 0.3 is 0 Å². The first kappa shape index (κ1) is 28.5. The number of nitro groups is 1. The average Bonchev–Trinajstić information content (AvgIpc) is 3.32. The number of non-ortho nitro benzene ring substituents is 1. The van der Waals surface area contributed by atoms with Crippen molar-refractivity contribution < 1.29 is 14.1 Å². The van der Waals surface area contributed by atoms with Crippen LogP contribution in [0.25, 0.3) is 10.9 Å². The zero-order chi connectivity index (χ0) is 28.8. The Morgan fingerprint density at radius 2 is 1.93 bits per heavy atom. The van der Waals surface area contributed by atoms with Crippen LogP contribution in [0, 0.1) is 15.9 Å². The third-order valence-electron chi connectivity index (χ3n) is 8.20. The second kappa shape index (κ2) is 13.1. The molecule has 8 heteroatoms. The highest BCUT2D eigenvalue weighted by Crippen LogP contribution is 2.37. The minimum atomic E-state index is -0.477. The molecular formula is C33H37FN4O3. The van der Waals surface area contributed by atoms with Gasteiger partial charge in [-0.3, -0.25) is 14.9 Å². The Kier molecular flexibility index (Phi) is 9.09. The highest BCUT2D eigenvalue weighted by Gasteiger charge is 2.25. The Labute approximate surface area is 240 Å². The SMILES string of the molecule is C[C@@H]1CCCCN1CCCNC(=O)C[C@H](c1cccc(F)c1)c1cn(Cc2ccccc2)c2ccc([N+](=O)[O-])cc12. The molecule has 0 unspecified atom stereocenters. The molecule has 41 heavy (non-hydrogen) atoms. The van der Waals surface area contributed by atoms with Gasteiger partial charge in [0.2, 0.25) is 5.91 Å². The van der Waals surface area contributed by atoms with Crippen molar-refractivity contribution in [1.82, 2.24) is 14.8 Å². The predicted octanol–water partition coefficient (Wildman–Crippen LogP) is 6.64. The predicted molar refractivity (Wildman–Crippen MR) is 160 cm³/mol. The molecule has 0 spiro atoms. The number of halogens is 1. The number of nitrogens with zero attached hydrogens (tertiary/aromatic N) is 3. The van der Waals surface area contributed by atoms with E-state index in [1.807, 2.05) is 47.2 Å². The summed E-state index contributed by atoms with van der Waals surface area (Å²) < 4.78 is 16.5. The molecule has 1 aliphatic rings. The Balaban J connectivity index is 1.43. The number of nitrogens with one attached hydrogen (secondary N) is 1.